The lowest BCUT2D eigenvalue weighted by Crippen LogP contribution is -2.22. The van der Waals surface area contributed by atoms with Crippen molar-refractivity contribution in [3.63, 3.8) is 0 Å². The molecule has 1 amide bonds. The molecule has 0 saturated carbocycles. The summed E-state index contributed by atoms with van der Waals surface area (Å²) in [7, 11) is 0. The highest BCUT2D eigenvalue weighted by Crippen LogP contribution is 2.37. The van der Waals surface area contributed by atoms with Crippen LogP contribution in [-0.4, -0.2) is 25.7 Å². The molecule has 1 heterocycles. The minimum absolute atomic E-state index is 0.185. The number of rotatable bonds is 4. The summed E-state index contributed by atoms with van der Waals surface area (Å²) in [6.45, 7) is 0.681. The van der Waals surface area contributed by atoms with E-state index in [4.69, 9.17) is 21.1 Å². The van der Waals surface area contributed by atoms with Crippen molar-refractivity contribution in [2.45, 2.75) is 0 Å². The van der Waals surface area contributed by atoms with E-state index in [1.165, 1.54) is 0 Å². The zero-order chi connectivity index (χ0) is 17.1. The van der Waals surface area contributed by atoms with Gasteiger partial charge >= 0.3 is 0 Å². The number of hydrogen-bond acceptors (Lipinski definition) is 4. The number of halogens is 3. The molecule has 0 spiro atoms. The third-order valence-electron chi connectivity index (χ3n) is 3.27. The molecular formula is C16H13ClF2N2O3. The van der Waals surface area contributed by atoms with E-state index in [-0.39, 0.29) is 12.2 Å². The van der Waals surface area contributed by atoms with Gasteiger partial charge in [0, 0.05) is 18.2 Å². The van der Waals surface area contributed by atoms with Gasteiger partial charge in [0.25, 0.3) is 0 Å². The van der Waals surface area contributed by atoms with Crippen LogP contribution in [-0.2, 0) is 4.79 Å². The lowest BCUT2D eigenvalue weighted by Gasteiger charge is -2.20. The van der Waals surface area contributed by atoms with Crippen LogP contribution in [0.4, 0.5) is 20.2 Å². The molecule has 2 aromatic carbocycles. The third kappa shape index (κ3) is 3.68. The summed E-state index contributed by atoms with van der Waals surface area (Å²) < 4.78 is 37.4. The molecule has 0 saturated heterocycles. The van der Waals surface area contributed by atoms with E-state index in [1.807, 2.05) is 0 Å². The van der Waals surface area contributed by atoms with Crippen LogP contribution in [0.15, 0.2) is 30.3 Å². The second kappa shape index (κ2) is 6.92. The molecule has 0 unspecified atom stereocenters. The smallest absolute Gasteiger partial charge is 0.243 e. The highest BCUT2D eigenvalue weighted by molar-refractivity contribution is 6.33. The SMILES string of the molecule is O=C(CNc1cc2c(cc1Cl)OCCO2)Nc1cc(F)ccc1F. The number of carbonyl (C=O) groups is 1. The molecular weight excluding hydrogens is 342 g/mol. The summed E-state index contributed by atoms with van der Waals surface area (Å²) in [5.41, 5.74) is 0.242. The lowest BCUT2D eigenvalue weighted by atomic mass is 10.2. The second-order valence-corrected chi connectivity index (χ2v) is 5.41. The van der Waals surface area contributed by atoms with Gasteiger partial charge in [0.1, 0.15) is 24.8 Å². The predicted octanol–water partition coefficient (Wildman–Crippen LogP) is 3.44. The molecule has 24 heavy (non-hydrogen) atoms. The molecule has 0 bridgehead atoms. The van der Waals surface area contributed by atoms with Crippen LogP contribution in [0.5, 0.6) is 11.5 Å². The average Bonchev–Trinajstić information content (AvgIpc) is 2.56. The van der Waals surface area contributed by atoms with Crippen molar-refractivity contribution in [2.24, 2.45) is 0 Å². The molecule has 0 fully saturated rings. The molecule has 0 aliphatic carbocycles. The Morgan fingerprint density at radius 2 is 1.79 bits per heavy atom. The molecule has 0 aromatic heterocycles. The maximum atomic E-state index is 13.5. The molecule has 3 rings (SSSR count). The van der Waals surface area contributed by atoms with Crippen molar-refractivity contribution in [3.05, 3.63) is 47.0 Å². The minimum atomic E-state index is -0.720. The summed E-state index contributed by atoms with van der Waals surface area (Å²) in [5, 5.41) is 5.46. The van der Waals surface area contributed by atoms with Gasteiger partial charge < -0.3 is 20.1 Å². The first-order chi connectivity index (χ1) is 11.5. The van der Waals surface area contributed by atoms with Crippen molar-refractivity contribution in [3.8, 4) is 11.5 Å². The van der Waals surface area contributed by atoms with Crippen LogP contribution in [0.3, 0.4) is 0 Å². The molecule has 2 N–H and O–H groups in total. The lowest BCUT2D eigenvalue weighted by molar-refractivity contribution is -0.114. The number of ether oxygens (including phenoxy) is 2. The summed E-state index contributed by atoms with van der Waals surface area (Å²) in [6.07, 6.45) is 0. The van der Waals surface area contributed by atoms with Crippen LogP contribution in [0.1, 0.15) is 0 Å². The highest BCUT2D eigenvalue weighted by Gasteiger charge is 2.16. The third-order valence-corrected chi connectivity index (χ3v) is 3.59. The fourth-order valence-corrected chi connectivity index (χ4v) is 2.38. The minimum Gasteiger partial charge on any atom is -0.486 e. The number of hydrogen-bond donors (Lipinski definition) is 2. The first kappa shape index (κ1) is 16.3. The normalized spacial score (nSPS) is 12.6. The predicted molar refractivity (Wildman–Crippen MR) is 85.9 cm³/mol. The Kier molecular flexibility index (Phi) is 4.71. The Hall–Kier alpha value is -2.54. The molecule has 5 nitrogen and oxygen atoms in total. The van der Waals surface area contributed by atoms with Gasteiger partial charge in [-0.15, -0.1) is 0 Å². The average molecular weight is 355 g/mol. The van der Waals surface area contributed by atoms with Crippen LogP contribution in [0, 0.1) is 11.6 Å². The molecule has 0 radical (unpaired) electrons. The molecule has 126 valence electrons. The van der Waals surface area contributed by atoms with E-state index in [1.54, 1.807) is 12.1 Å². The van der Waals surface area contributed by atoms with Gasteiger partial charge in [-0.2, -0.15) is 0 Å². The van der Waals surface area contributed by atoms with E-state index in [0.29, 0.717) is 35.4 Å². The Labute approximate surface area is 141 Å². The summed E-state index contributed by atoms with van der Waals surface area (Å²) in [4.78, 5) is 11.9. The monoisotopic (exact) mass is 354 g/mol. The zero-order valence-electron chi connectivity index (χ0n) is 12.4. The second-order valence-electron chi connectivity index (χ2n) is 5.00. The number of fused-ring (bicyclic) bond motifs is 1. The topological polar surface area (TPSA) is 59.6 Å². The number of benzene rings is 2. The van der Waals surface area contributed by atoms with Gasteiger partial charge in [0.15, 0.2) is 11.5 Å². The maximum Gasteiger partial charge on any atom is 0.243 e. The van der Waals surface area contributed by atoms with Crippen molar-refractivity contribution < 1.29 is 23.0 Å². The molecule has 0 atom stereocenters. The summed E-state index contributed by atoms with van der Waals surface area (Å²) in [5.74, 6) is -0.866. The van der Waals surface area contributed by atoms with E-state index in [0.717, 1.165) is 18.2 Å². The van der Waals surface area contributed by atoms with Crippen molar-refractivity contribution in [2.75, 3.05) is 30.4 Å². The van der Waals surface area contributed by atoms with Gasteiger partial charge in [0.05, 0.1) is 22.9 Å². The van der Waals surface area contributed by atoms with Gasteiger partial charge in [-0.05, 0) is 12.1 Å². The zero-order valence-corrected chi connectivity index (χ0v) is 13.1. The first-order valence-electron chi connectivity index (χ1n) is 7.11. The standard InChI is InChI=1S/C16H13ClF2N2O3/c17-10-6-14-15(24-4-3-23-14)7-12(10)20-8-16(22)21-13-5-9(18)1-2-11(13)19/h1-2,5-7,20H,3-4,8H2,(H,21,22). The first-order valence-corrected chi connectivity index (χ1v) is 7.48. The Balaban J connectivity index is 1.65. The molecule has 1 aliphatic rings. The van der Waals surface area contributed by atoms with Crippen molar-refractivity contribution in [1.82, 2.24) is 0 Å². The van der Waals surface area contributed by atoms with Crippen LogP contribution >= 0.6 is 11.6 Å². The number of nitrogens with one attached hydrogen (secondary N) is 2. The van der Waals surface area contributed by atoms with Gasteiger partial charge in [-0.3, -0.25) is 4.79 Å². The van der Waals surface area contributed by atoms with Crippen molar-refractivity contribution in [1.29, 1.82) is 0 Å². The van der Waals surface area contributed by atoms with E-state index in [2.05, 4.69) is 10.6 Å². The Morgan fingerprint density at radius 3 is 2.54 bits per heavy atom. The fraction of sp³-hybridized carbons (Fsp3) is 0.188. The number of carbonyl (C=O) groups excluding carboxylic acids is 1. The van der Waals surface area contributed by atoms with E-state index < -0.39 is 17.5 Å². The van der Waals surface area contributed by atoms with Gasteiger partial charge in [0.2, 0.25) is 5.91 Å². The highest BCUT2D eigenvalue weighted by atomic mass is 35.5. The summed E-state index contributed by atoms with van der Waals surface area (Å²) >= 11 is 6.11. The van der Waals surface area contributed by atoms with Crippen LogP contribution in [0.25, 0.3) is 0 Å². The quantitative estimate of drug-likeness (QED) is 0.883. The van der Waals surface area contributed by atoms with Crippen LogP contribution in [0.2, 0.25) is 5.02 Å². The van der Waals surface area contributed by atoms with Gasteiger partial charge in [-0.25, -0.2) is 8.78 Å². The summed E-state index contributed by atoms with van der Waals surface area (Å²) in [6, 6.07) is 6.02. The maximum absolute atomic E-state index is 13.5. The fourth-order valence-electron chi connectivity index (χ4n) is 2.16. The number of amides is 1. The molecule has 8 heteroatoms. The van der Waals surface area contributed by atoms with Crippen molar-refractivity contribution >= 4 is 28.9 Å². The molecule has 2 aromatic rings. The Morgan fingerprint density at radius 1 is 1.08 bits per heavy atom. The van der Waals surface area contributed by atoms with E-state index in [9.17, 15) is 13.6 Å². The van der Waals surface area contributed by atoms with Gasteiger partial charge in [-0.1, -0.05) is 11.6 Å². The van der Waals surface area contributed by atoms with E-state index >= 15 is 0 Å². The largest absolute Gasteiger partial charge is 0.486 e. The molecule has 1 aliphatic heterocycles. The number of anilines is 2. The van der Waals surface area contributed by atoms with Crippen LogP contribution < -0.4 is 20.1 Å². The Bertz CT molecular complexity index is 786.